The zero-order chi connectivity index (χ0) is 23.7. The van der Waals surface area contributed by atoms with Gasteiger partial charge in [-0.05, 0) is 61.7 Å². The molecular weight excluding hydrogens is 461 g/mol. The van der Waals surface area contributed by atoms with Gasteiger partial charge in [0.15, 0.2) is 5.76 Å². The Bertz CT molecular complexity index is 1280. The molecule has 9 heteroatoms. The Morgan fingerprint density at radius 2 is 2.00 bits per heavy atom. The number of furan rings is 1. The number of aliphatic hydroxyl groups excluding tert-OH is 1. The number of hydrogen-bond donors (Lipinski definition) is 1. The van der Waals surface area contributed by atoms with Crippen LogP contribution in [0.15, 0.2) is 51.3 Å². The molecule has 3 heterocycles. The number of aryl methyl sites for hydroxylation is 1. The minimum Gasteiger partial charge on any atom is -0.490 e. The molecule has 1 fully saturated rings. The number of fused-ring (bicyclic) bond motifs is 1. The van der Waals surface area contributed by atoms with Crippen LogP contribution in [0, 0.1) is 12.7 Å². The number of hydrogen-bond acceptors (Lipinski definition) is 7. The van der Waals surface area contributed by atoms with Crippen molar-refractivity contribution in [2.24, 2.45) is 0 Å². The van der Waals surface area contributed by atoms with Crippen LogP contribution in [-0.4, -0.2) is 52.5 Å². The summed E-state index contributed by atoms with van der Waals surface area (Å²) in [6.07, 6.45) is 1.16. The first-order chi connectivity index (χ1) is 16.5. The van der Waals surface area contributed by atoms with Gasteiger partial charge in [-0.1, -0.05) is 23.7 Å². The van der Waals surface area contributed by atoms with Crippen molar-refractivity contribution in [1.29, 1.82) is 0 Å². The first kappa shape index (κ1) is 22.8. The van der Waals surface area contributed by atoms with Gasteiger partial charge in [-0.25, -0.2) is 4.39 Å². The summed E-state index contributed by atoms with van der Waals surface area (Å²) in [5.74, 6) is 1.78. The van der Waals surface area contributed by atoms with Crippen molar-refractivity contribution in [1.82, 2.24) is 15.1 Å². The second kappa shape index (κ2) is 9.74. The van der Waals surface area contributed by atoms with E-state index in [1.165, 1.54) is 6.07 Å². The quantitative estimate of drug-likeness (QED) is 0.385. The summed E-state index contributed by atoms with van der Waals surface area (Å²) in [5.41, 5.74) is 1.62. The molecule has 0 bridgehead atoms. The number of nitrogens with zero attached hydrogens (tertiary/aromatic N) is 3. The summed E-state index contributed by atoms with van der Waals surface area (Å²) < 4.78 is 31.0. The van der Waals surface area contributed by atoms with Gasteiger partial charge < -0.3 is 23.6 Å². The molecule has 0 saturated carbocycles. The van der Waals surface area contributed by atoms with E-state index >= 15 is 0 Å². The lowest BCUT2D eigenvalue weighted by Gasteiger charge is -2.33. The van der Waals surface area contributed by atoms with Gasteiger partial charge in [-0.2, -0.15) is 0 Å². The van der Waals surface area contributed by atoms with E-state index in [0.29, 0.717) is 41.3 Å². The van der Waals surface area contributed by atoms with Crippen molar-refractivity contribution < 1.29 is 23.1 Å². The molecule has 0 aliphatic carbocycles. The number of halogens is 2. The number of benzene rings is 2. The molecule has 1 aliphatic heterocycles. The number of likely N-dealkylation sites (tertiary alicyclic amines) is 1. The lowest BCUT2D eigenvalue weighted by Crippen LogP contribution is -2.40. The van der Waals surface area contributed by atoms with Gasteiger partial charge in [-0.3, -0.25) is 0 Å². The third-order valence-electron chi connectivity index (χ3n) is 6.16. The molecule has 0 radical (unpaired) electrons. The van der Waals surface area contributed by atoms with E-state index in [2.05, 4.69) is 15.1 Å². The number of β-amino-alcohol motifs (C(OH)–C–C–N with tert-alkyl or cyclic N) is 1. The van der Waals surface area contributed by atoms with Crippen LogP contribution in [0.25, 0.3) is 22.6 Å². The number of rotatable bonds is 7. The monoisotopic (exact) mass is 485 g/mol. The lowest BCUT2D eigenvalue weighted by molar-refractivity contribution is 0.0599. The Balaban J connectivity index is 1.16. The van der Waals surface area contributed by atoms with Crippen molar-refractivity contribution >= 4 is 22.6 Å². The van der Waals surface area contributed by atoms with Crippen molar-refractivity contribution in [3.8, 4) is 17.4 Å². The Morgan fingerprint density at radius 3 is 2.74 bits per heavy atom. The minimum atomic E-state index is -0.648. The summed E-state index contributed by atoms with van der Waals surface area (Å²) in [6.45, 7) is 4.04. The molecule has 7 nitrogen and oxygen atoms in total. The van der Waals surface area contributed by atoms with Gasteiger partial charge >= 0.3 is 0 Å². The van der Waals surface area contributed by atoms with Crippen LogP contribution in [0.4, 0.5) is 4.39 Å². The second-order valence-corrected chi connectivity index (χ2v) is 9.03. The Kier molecular flexibility index (Phi) is 6.54. The maximum Gasteiger partial charge on any atom is 0.283 e. The highest BCUT2D eigenvalue weighted by molar-refractivity contribution is 6.30. The van der Waals surface area contributed by atoms with E-state index in [0.717, 1.165) is 36.9 Å². The highest BCUT2D eigenvalue weighted by Gasteiger charge is 2.23. The number of ether oxygens (including phenoxy) is 1. The van der Waals surface area contributed by atoms with Crippen LogP contribution in [0.5, 0.6) is 5.75 Å². The number of piperidine rings is 1. The van der Waals surface area contributed by atoms with E-state index in [-0.39, 0.29) is 17.4 Å². The molecule has 5 rings (SSSR count). The molecule has 2 aromatic heterocycles. The molecule has 34 heavy (non-hydrogen) atoms. The van der Waals surface area contributed by atoms with E-state index in [4.69, 9.17) is 25.2 Å². The average Bonchev–Trinajstić information content (AvgIpc) is 3.46. The van der Waals surface area contributed by atoms with Crippen molar-refractivity contribution in [3.63, 3.8) is 0 Å². The molecule has 4 aromatic rings. The normalized spacial score (nSPS) is 16.2. The van der Waals surface area contributed by atoms with Gasteiger partial charge in [0.25, 0.3) is 5.89 Å². The molecule has 1 saturated heterocycles. The fourth-order valence-electron chi connectivity index (χ4n) is 4.41. The number of aliphatic hydroxyl groups is 1. The third-order valence-corrected chi connectivity index (χ3v) is 6.47. The summed E-state index contributed by atoms with van der Waals surface area (Å²) in [6, 6.07) is 12.4. The van der Waals surface area contributed by atoms with Gasteiger partial charge in [0, 0.05) is 19.5 Å². The fourth-order valence-corrected chi connectivity index (χ4v) is 4.53. The molecule has 178 valence electrons. The van der Waals surface area contributed by atoms with E-state index < -0.39 is 6.10 Å². The highest BCUT2D eigenvalue weighted by atomic mass is 35.5. The Hall–Kier alpha value is -2.94. The Labute approximate surface area is 201 Å². The predicted octanol–water partition coefficient (Wildman–Crippen LogP) is 5.20. The maximum absolute atomic E-state index is 13.8. The first-order valence-electron chi connectivity index (χ1n) is 11.3. The van der Waals surface area contributed by atoms with Gasteiger partial charge in [0.1, 0.15) is 29.9 Å². The molecule has 1 atom stereocenters. The molecule has 2 aromatic carbocycles. The Morgan fingerprint density at radius 1 is 1.18 bits per heavy atom. The highest BCUT2D eigenvalue weighted by Crippen LogP contribution is 2.33. The minimum absolute atomic E-state index is 0.149. The van der Waals surface area contributed by atoms with Crippen LogP contribution in [0.3, 0.4) is 0 Å². The standard InChI is InChI=1S/C25H25ClFN3O4/c1-15-28-29-25(33-15)24-12-19-22(3-2-4-23(19)34-24)32-14-18(31)13-30-9-7-16(8-10-30)17-5-6-20(26)21(27)11-17/h2-6,11-12,16,18,31H,7-10,13-14H2,1H3/t18-/m0/s1. The summed E-state index contributed by atoms with van der Waals surface area (Å²) in [5, 5.41) is 19.3. The number of aromatic nitrogens is 2. The molecule has 0 spiro atoms. The smallest absolute Gasteiger partial charge is 0.283 e. The molecule has 0 unspecified atom stereocenters. The molecular formula is C25H25ClFN3O4. The van der Waals surface area contributed by atoms with E-state index in [1.807, 2.05) is 24.3 Å². The van der Waals surface area contributed by atoms with Gasteiger partial charge in [0.05, 0.1) is 10.4 Å². The second-order valence-electron chi connectivity index (χ2n) is 8.62. The SMILES string of the molecule is Cc1nnc(-c2cc3c(OC[C@@H](O)CN4CCC(c5ccc(Cl)c(F)c5)CC4)cccc3o2)o1. The molecule has 1 N–H and O–H groups in total. The van der Waals surface area contributed by atoms with Crippen LogP contribution in [0.1, 0.15) is 30.2 Å². The van der Waals surface area contributed by atoms with Gasteiger partial charge in [0.2, 0.25) is 5.89 Å². The van der Waals surface area contributed by atoms with Gasteiger partial charge in [-0.15, -0.1) is 10.2 Å². The van der Waals surface area contributed by atoms with Crippen LogP contribution >= 0.6 is 11.6 Å². The molecule has 0 amide bonds. The predicted molar refractivity (Wildman–Crippen MR) is 126 cm³/mol. The van der Waals surface area contributed by atoms with Crippen molar-refractivity contribution in [3.05, 3.63) is 64.8 Å². The average molecular weight is 486 g/mol. The summed E-state index contributed by atoms with van der Waals surface area (Å²) in [4.78, 5) is 2.21. The van der Waals surface area contributed by atoms with Crippen LogP contribution in [-0.2, 0) is 0 Å². The fraction of sp³-hybridized carbons (Fsp3) is 0.360. The zero-order valence-electron chi connectivity index (χ0n) is 18.7. The maximum atomic E-state index is 13.8. The molecule has 1 aliphatic rings. The lowest BCUT2D eigenvalue weighted by atomic mass is 9.89. The summed E-state index contributed by atoms with van der Waals surface area (Å²) >= 11 is 5.80. The summed E-state index contributed by atoms with van der Waals surface area (Å²) in [7, 11) is 0. The largest absolute Gasteiger partial charge is 0.490 e. The third kappa shape index (κ3) is 4.94. The van der Waals surface area contributed by atoms with Crippen LogP contribution < -0.4 is 4.74 Å². The van der Waals surface area contributed by atoms with E-state index in [1.54, 1.807) is 19.1 Å². The van der Waals surface area contributed by atoms with Crippen LogP contribution in [0.2, 0.25) is 5.02 Å². The van der Waals surface area contributed by atoms with Crippen molar-refractivity contribution in [2.75, 3.05) is 26.2 Å². The van der Waals surface area contributed by atoms with E-state index in [9.17, 15) is 9.50 Å². The zero-order valence-corrected chi connectivity index (χ0v) is 19.5. The topological polar surface area (TPSA) is 84.8 Å². The van der Waals surface area contributed by atoms with Crippen molar-refractivity contribution in [2.45, 2.75) is 31.8 Å². The first-order valence-corrected chi connectivity index (χ1v) is 11.7.